The molecule has 0 radical (unpaired) electrons. The molecule has 0 saturated carbocycles. The molecule has 4 rings (SSSR count). The number of nitrogens with zero attached hydrogens (tertiary/aromatic N) is 3. The molecule has 6 nitrogen and oxygen atoms in total. The molecule has 0 bridgehead atoms. The van der Waals surface area contributed by atoms with Crippen LogP contribution in [0.5, 0.6) is 0 Å². The maximum Gasteiger partial charge on any atom is 0.410 e. The van der Waals surface area contributed by atoms with E-state index in [9.17, 15) is 9.59 Å². The molecule has 1 aromatic rings. The number of hydrogen-bond donors (Lipinski definition) is 0. The summed E-state index contributed by atoms with van der Waals surface area (Å²) in [6, 6.07) is 6.60. The average Bonchev–Trinajstić information content (AvgIpc) is 2.85. The third-order valence-corrected chi connectivity index (χ3v) is 8.74. The van der Waals surface area contributed by atoms with Crippen molar-refractivity contribution in [3.8, 4) is 0 Å². The fourth-order valence-electron chi connectivity index (χ4n) is 6.61. The van der Waals surface area contributed by atoms with E-state index in [0.717, 1.165) is 94.5 Å². The number of amides is 2. The van der Waals surface area contributed by atoms with Crippen LogP contribution >= 0.6 is 0 Å². The lowest BCUT2D eigenvalue weighted by molar-refractivity contribution is -0.125. The first-order valence-corrected chi connectivity index (χ1v) is 14.0. The van der Waals surface area contributed by atoms with E-state index >= 15 is 0 Å². The van der Waals surface area contributed by atoms with E-state index in [0.29, 0.717) is 12.0 Å². The van der Waals surface area contributed by atoms with Crippen molar-refractivity contribution in [2.24, 2.45) is 5.92 Å². The molecular formula is C29H45N3O3. The van der Waals surface area contributed by atoms with E-state index < -0.39 is 0 Å². The summed E-state index contributed by atoms with van der Waals surface area (Å²) in [5, 5.41) is 0. The van der Waals surface area contributed by atoms with Crippen molar-refractivity contribution < 1.29 is 14.3 Å². The number of carbonyl (C=O) groups is 2. The van der Waals surface area contributed by atoms with Gasteiger partial charge >= 0.3 is 6.09 Å². The van der Waals surface area contributed by atoms with Gasteiger partial charge in [-0.3, -0.25) is 9.69 Å². The molecule has 3 aliphatic rings. The number of benzene rings is 1. The monoisotopic (exact) mass is 483 g/mol. The van der Waals surface area contributed by atoms with Gasteiger partial charge in [-0.2, -0.15) is 0 Å². The minimum Gasteiger partial charge on any atom is -0.442 e. The Bertz CT molecular complexity index is 865. The first-order valence-electron chi connectivity index (χ1n) is 14.0. The Kier molecular flexibility index (Phi) is 8.41. The van der Waals surface area contributed by atoms with Gasteiger partial charge in [0, 0.05) is 69.6 Å². The van der Waals surface area contributed by atoms with Gasteiger partial charge in [0.2, 0.25) is 0 Å². The third kappa shape index (κ3) is 5.52. The number of likely N-dealkylation sites (tertiary alicyclic amines) is 2. The van der Waals surface area contributed by atoms with Gasteiger partial charge in [-0.1, -0.05) is 44.9 Å². The van der Waals surface area contributed by atoms with Gasteiger partial charge in [-0.05, 0) is 50.7 Å². The van der Waals surface area contributed by atoms with Crippen LogP contribution < -0.4 is 0 Å². The van der Waals surface area contributed by atoms with Gasteiger partial charge < -0.3 is 14.5 Å². The molecule has 3 aliphatic heterocycles. The Balaban J connectivity index is 1.34. The number of piperidine rings is 2. The zero-order valence-corrected chi connectivity index (χ0v) is 22.4. The van der Waals surface area contributed by atoms with Gasteiger partial charge in [0.15, 0.2) is 0 Å². The summed E-state index contributed by atoms with van der Waals surface area (Å²) < 4.78 is 6.25. The van der Waals surface area contributed by atoms with Crippen molar-refractivity contribution in [1.82, 2.24) is 14.7 Å². The lowest BCUT2D eigenvalue weighted by Gasteiger charge is -2.52. The molecule has 0 aliphatic carbocycles. The minimum atomic E-state index is -0.286. The van der Waals surface area contributed by atoms with Crippen LogP contribution in [0.1, 0.15) is 86.7 Å². The SMILES string of the molecule is CCCCC1CN(CCC)C(=O)OC12CCN(C1CCN(C(=O)c3c(C)cccc3C)CC1)CC2. The number of rotatable bonds is 7. The van der Waals surface area contributed by atoms with Crippen molar-refractivity contribution in [2.75, 3.05) is 39.3 Å². The van der Waals surface area contributed by atoms with Gasteiger partial charge in [0.25, 0.3) is 5.91 Å². The second-order valence-electron chi connectivity index (χ2n) is 11.0. The maximum atomic E-state index is 13.2. The molecule has 1 aromatic carbocycles. The molecule has 1 unspecified atom stereocenters. The normalized spacial score (nSPS) is 23.5. The average molecular weight is 484 g/mol. The summed E-state index contributed by atoms with van der Waals surface area (Å²) in [7, 11) is 0. The molecule has 3 heterocycles. The molecule has 0 aromatic heterocycles. The number of hydrogen-bond acceptors (Lipinski definition) is 4. The second kappa shape index (κ2) is 11.3. The third-order valence-electron chi connectivity index (χ3n) is 8.74. The van der Waals surface area contributed by atoms with Gasteiger partial charge in [-0.25, -0.2) is 4.79 Å². The predicted octanol–water partition coefficient (Wildman–Crippen LogP) is 5.41. The summed E-state index contributed by atoms with van der Waals surface area (Å²) in [6.45, 7) is 13.7. The molecular weight excluding hydrogens is 438 g/mol. The van der Waals surface area contributed by atoms with Gasteiger partial charge in [0.1, 0.15) is 5.60 Å². The minimum absolute atomic E-state index is 0.105. The van der Waals surface area contributed by atoms with Crippen LogP contribution in [0.25, 0.3) is 0 Å². The van der Waals surface area contributed by atoms with Crippen molar-refractivity contribution in [1.29, 1.82) is 0 Å². The number of ether oxygens (including phenoxy) is 1. The fourth-order valence-corrected chi connectivity index (χ4v) is 6.61. The Hall–Kier alpha value is -2.08. The van der Waals surface area contributed by atoms with Crippen LogP contribution in [0.15, 0.2) is 18.2 Å². The van der Waals surface area contributed by atoms with E-state index in [2.05, 4.69) is 18.7 Å². The highest BCUT2D eigenvalue weighted by molar-refractivity contribution is 5.97. The summed E-state index contributed by atoms with van der Waals surface area (Å²) >= 11 is 0. The number of aryl methyl sites for hydroxylation is 2. The van der Waals surface area contributed by atoms with Crippen molar-refractivity contribution in [3.63, 3.8) is 0 Å². The van der Waals surface area contributed by atoms with E-state index in [1.807, 2.05) is 41.8 Å². The molecule has 35 heavy (non-hydrogen) atoms. The summed E-state index contributed by atoms with van der Waals surface area (Å²) in [5.74, 6) is 0.617. The standard InChI is InChI=1S/C29H45N3O3/c1-5-7-11-24-21-32(16-6-2)28(34)35-29(24)14-19-30(20-15-29)25-12-17-31(18-13-25)27(33)26-22(3)9-8-10-23(26)4/h8-10,24-25H,5-7,11-21H2,1-4H3. The number of unbranched alkanes of at least 4 members (excludes halogenated alkanes) is 1. The van der Waals surface area contributed by atoms with Crippen LogP contribution in [0.4, 0.5) is 4.79 Å². The highest BCUT2D eigenvalue weighted by atomic mass is 16.6. The second-order valence-corrected chi connectivity index (χ2v) is 11.0. The topological polar surface area (TPSA) is 53.1 Å². The van der Waals surface area contributed by atoms with Crippen LogP contribution in [0.2, 0.25) is 0 Å². The molecule has 3 fully saturated rings. The lowest BCUT2D eigenvalue weighted by Crippen LogP contribution is -2.61. The highest BCUT2D eigenvalue weighted by Crippen LogP contribution is 2.41. The van der Waals surface area contributed by atoms with Crippen LogP contribution in [0, 0.1) is 19.8 Å². The molecule has 3 saturated heterocycles. The van der Waals surface area contributed by atoms with E-state index in [4.69, 9.17) is 4.74 Å². The van der Waals surface area contributed by atoms with Gasteiger partial charge in [0.05, 0.1) is 0 Å². The van der Waals surface area contributed by atoms with Crippen LogP contribution in [-0.4, -0.2) is 77.6 Å². The quantitative estimate of drug-likeness (QED) is 0.520. The Morgan fingerprint density at radius 3 is 2.29 bits per heavy atom. The smallest absolute Gasteiger partial charge is 0.410 e. The molecule has 194 valence electrons. The lowest BCUT2D eigenvalue weighted by atomic mass is 9.75. The largest absolute Gasteiger partial charge is 0.442 e. The molecule has 0 N–H and O–H groups in total. The van der Waals surface area contributed by atoms with Crippen LogP contribution in [-0.2, 0) is 4.74 Å². The Morgan fingerprint density at radius 1 is 1.03 bits per heavy atom. The zero-order valence-electron chi connectivity index (χ0n) is 22.4. The molecule has 1 atom stereocenters. The van der Waals surface area contributed by atoms with E-state index in [-0.39, 0.29) is 17.6 Å². The van der Waals surface area contributed by atoms with Crippen LogP contribution in [0.3, 0.4) is 0 Å². The van der Waals surface area contributed by atoms with E-state index in [1.54, 1.807) is 0 Å². The molecule has 2 amide bonds. The Morgan fingerprint density at radius 2 is 1.69 bits per heavy atom. The maximum absolute atomic E-state index is 13.2. The van der Waals surface area contributed by atoms with Gasteiger partial charge in [-0.15, -0.1) is 0 Å². The summed E-state index contributed by atoms with van der Waals surface area (Å²) in [5.41, 5.74) is 2.72. The number of carbonyl (C=O) groups excluding carboxylic acids is 2. The zero-order chi connectivity index (χ0) is 25.0. The Labute approximate surface area is 212 Å². The first kappa shape index (κ1) is 26.0. The predicted molar refractivity (Wildman–Crippen MR) is 140 cm³/mol. The summed E-state index contributed by atoms with van der Waals surface area (Å²) in [6.07, 6.45) is 8.30. The van der Waals surface area contributed by atoms with Crippen molar-refractivity contribution in [3.05, 3.63) is 34.9 Å². The molecule has 1 spiro atoms. The summed E-state index contributed by atoms with van der Waals surface area (Å²) in [4.78, 5) is 32.6. The highest BCUT2D eigenvalue weighted by Gasteiger charge is 2.50. The van der Waals surface area contributed by atoms with E-state index in [1.165, 1.54) is 12.8 Å². The fraction of sp³-hybridized carbons (Fsp3) is 0.724. The first-order chi connectivity index (χ1) is 16.9. The molecule has 6 heteroatoms. The van der Waals surface area contributed by atoms with Crippen molar-refractivity contribution in [2.45, 2.75) is 90.7 Å². The van der Waals surface area contributed by atoms with Crippen molar-refractivity contribution >= 4 is 12.0 Å².